The Kier molecular flexibility index (Phi) is 5.40. The van der Waals surface area contributed by atoms with Crippen LogP contribution in [-0.4, -0.2) is 29.9 Å². The molecule has 0 bridgehead atoms. The van der Waals surface area contributed by atoms with Crippen molar-refractivity contribution in [2.75, 3.05) is 13.1 Å². The molecule has 0 radical (unpaired) electrons. The van der Waals surface area contributed by atoms with Crippen molar-refractivity contribution in [1.82, 2.24) is 4.90 Å². The summed E-state index contributed by atoms with van der Waals surface area (Å²) in [5, 5.41) is 0. The highest BCUT2D eigenvalue weighted by molar-refractivity contribution is 5.87. The number of carbonyl (C=O) groups excluding carboxylic acids is 2. The monoisotopic (exact) mass is 351 g/mol. The molecule has 3 rings (SSSR count). The number of amides is 1. The largest absolute Gasteiger partial charge is 0.426 e. The van der Waals surface area contributed by atoms with Crippen molar-refractivity contribution >= 4 is 11.9 Å². The van der Waals surface area contributed by atoms with Gasteiger partial charge in [0, 0.05) is 19.5 Å². The van der Waals surface area contributed by atoms with Gasteiger partial charge < -0.3 is 9.64 Å². The molecule has 4 nitrogen and oxygen atoms in total. The molecule has 136 valence electrons. The molecule has 0 N–H and O–H groups in total. The molecule has 1 saturated heterocycles. The third-order valence-corrected chi connectivity index (χ3v) is 5.14. The topological polar surface area (TPSA) is 46.6 Å². The third kappa shape index (κ3) is 3.96. The van der Waals surface area contributed by atoms with Crippen molar-refractivity contribution in [3.05, 3.63) is 64.7 Å². The van der Waals surface area contributed by atoms with E-state index in [1.807, 2.05) is 51.1 Å². The highest BCUT2D eigenvalue weighted by atomic mass is 16.5. The van der Waals surface area contributed by atoms with Gasteiger partial charge in [-0.2, -0.15) is 0 Å². The predicted octanol–water partition coefficient (Wildman–Crippen LogP) is 3.61. The van der Waals surface area contributed by atoms with E-state index < -0.39 is 5.92 Å². The van der Waals surface area contributed by atoms with Crippen LogP contribution in [0.3, 0.4) is 0 Å². The Morgan fingerprint density at radius 3 is 2.50 bits per heavy atom. The Balaban J connectivity index is 1.61. The van der Waals surface area contributed by atoms with E-state index in [2.05, 4.69) is 12.1 Å². The number of ether oxygens (including phenoxy) is 1. The number of benzene rings is 2. The lowest BCUT2D eigenvalue weighted by Crippen LogP contribution is -2.29. The third-order valence-electron chi connectivity index (χ3n) is 5.14. The highest BCUT2D eigenvalue weighted by Crippen LogP contribution is 2.28. The van der Waals surface area contributed by atoms with Gasteiger partial charge in [0.15, 0.2) is 0 Å². The summed E-state index contributed by atoms with van der Waals surface area (Å²) in [4.78, 5) is 26.6. The number of esters is 1. The maximum atomic E-state index is 12.6. The molecule has 26 heavy (non-hydrogen) atoms. The van der Waals surface area contributed by atoms with Gasteiger partial charge in [-0.1, -0.05) is 42.5 Å². The zero-order valence-corrected chi connectivity index (χ0v) is 15.6. The van der Waals surface area contributed by atoms with Gasteiger partial charge >= 0.3 is 5.97 Å². The molecule has 2 aromatic carbocycles. The highest BCUT2D eigenvalue weighted by Gasteiger charge is 2.35. The van der Waals surface area contributed by atoms with E-state index in [0.29, 0.717) is 18.8 Å². The zero-order chi connectivity index (χ0) is 18.7. The molecule has 1 amide bonds. The normalized spacial score (nSPS) is 16.8. The first kappa shape index (κ1) is 18.2. The maximum absolute atomic E-state index is 12.6. The Morgan fingerprint density at radius 1 is 1.08 bits per heavy atom. The van der Waals surface area contributed by atoms with Gasteiger partial charge in [0.1, 0.15) is 5.75 Å². The fourth-order valence-corrected chi connectivity index (χ4v) is 3.32. The standard InChI is InChI=1S/C22H25NO3/c1-15-9-10-16(2)21(17(15)3)26-22(25)19-13-20(24)23(14-19)12-11-18-7-5-4-6-8-18/h4-10,19H,11-14H2,1-3H3. The lowest BCUT2D eigenvalue weighted by Gasteiger charge is -2.17. The summed E-state index contributed by atoms with van der Waals surface area (Å²) in [6, 6.07) is 14.0. The summed E-state index contributed by atoms with van der Waals surface area (Å²) < 4.78 is 5.68. The van der Waals surface area contributed by atoms with Gasteiger partial charge in [0.25, 0.3) is 0 Å². The predicted molar refractivity (Wildman–Crippen MR) is 101 cm³/mol. The SMILES string of the molecule is Cc1ccc(C)c(OC(=O)C2CC(=O)N(CCc3ccccc3)C2)c1C. The van der Waals surface area contributed by atoms with Crippen molar-refractivity contribution in [1.29, 1.82) is 0 Å². The van der Waals surface area contributed by atoms with Gasteiger partial charge in [0.2, 0.25) is 5.91 Å². The van der Waals surface area contributed by atoms with Crippen LogP contribution in [-0.2, 0) is 16.0 Å². The minimum Gasteiger partial charge on any atom is -0.426 e. The van der Waals surface area contributed by atoms with Gasteiger partial charge in [-0.25, -0.2) is 0 Å². The Morgan fingerprint density at radius 2 is 1.77 bits per heavy atom. The van der Waals surface area contributed by atoms with Crippen molar-refractivity contribution in [3.8, 4) is 5.75 Å². The Bertz CT molecular complexity index is 814. The lowest BCUT2D eigenvalue weighted by atomic mass is 10.0. The second-order valence-corrected chi connectivity index (χ2v) is 7.05. The van der Waals surface area contributed by atoms with E-state index in [0.717, 1.165) is 23.1 Å². The van der Waals surface area contributed by atoms with Crippen LogP contribution in [0, 0.1) is 26.7 Å². The van der Waals surface area contributed by atoms with Crippen LogP contribution in [0.4, 0.5) is 0 Å². The van der Waals surface area contributed by atoms with Crippen LogP contribution in [0.15, 0.2) is 42.5 Å². The van der Waals surface area contributed by atoms with Crippen molar-refractivity contribution in [3.63, 3.8) is 0 Å². The number of hydrogen-bond acceptors (Lipinski definition) is 3. The molecule has 0 aromatic heterocycles. The van der Waals surface area contributed by atoms with Crippen LogP contribution < -0.4 is 4.74 Å². The molecule has 1 unspecified atom stereocenters. The summed E-state index contributed by atoms with van der Waals surface area (Å²) in [6.07, 6.45) is 1.03. The quantitative estimate of drug-likeness (QED) is 0.611. The fraction of sp³-hybridized carbons (Fsp3) is 0.364. The van der Waals surface area contributed by atoms with Gasteiger partial charge in [-0.05, 0) is 49.4 Å². The van der Waals surface area contributed by atoms with Crippen LogP contribution in [0.25, 0.3) is 0 Å². The van der Waals surface area contributed by atoms with E-state index in [1.165, 1.54) is 5.56 Å². The molecular weight excluding hydrogens is 326 g/mol. The summed E-state index contributed by atoms with van der Waals surface area (Å²) in [5.74, 6) is -0.0410. The van der Waals surface area contributed by atoms with E-state index >= 15 is 0 Å². The minimum atomic E-state index is -0.391. The first-order valence-corrected chi connectivity index (χ1v) is 9.06. The molecular formula is C22H25NO3. The number of carbonyl (C=O) groups is 2. The number of rotatable bonds is 5. The maximum Gasteiger partial charge on any atom is 0.316 e. The van der Waals surface area contributed by atoms with E-state index in [4.69, 9.17) is 4.74 Å². The van der Waals surface area contributed by atoms with E-state index in [-0.39, 0.29) is 18.3 Å². The van der Waals surface area contributed by atoms with Gasteiger partial charge in [0.05, 0.1) is 5.92 Å². The summed E-state index contributed by atoms with van der Waals surface area (Å²) in [7, 11) is 0. The van der Waals surface area contributed by atoms with Crippen molar-refractivity contribution in [2.24, 2.45) is 5.92 Å². The molecule has 0 saturated carbocycles. The van der Waals surface area contributed by atoms with E-state index in [9.17, 15) is 9.59 Å². The summed E-state index contributed by atoms with van der Waals surface area (Å²) >= 11 is 0. The smallest absolute Gasteiger partial charge is 0.316 e. The number of aryl methyl sites for hydroxylation is 2. The molecule has 1 aliphatic rings. The molecule has 0 spiro atoms. The molecule has 1 heterocycles. The number of hydrogen-bond donors (Lipinski definition) is 0. The molecule has 0 aliphatic carbocycles. The van der Waals surface area contributed by atoms with Crippen LogP contribution in [0.5, 0.6) is 5.75 Å². The Labute approximate surface area is 154 Å². The lowest BCUT2D eigenvalue weighted by molar-refractivity contribution is -0.139. The van der Waals surface area contributed by atoms with Crippen molar-refractivity contribution < 1.29 is 14.3 Å². The van der Waals surface area contributed by atoms with Gasteiger partial charge in [-0.3, -0.25) is 9.59 Å². The number of likely N-dealkylation sites (tertiary alicyclic amines) is 1. The van der Waals surface area contributed by atoms with E-state index in [1.54, 1.807) is 4.90 Å². The molecule has 1 fully saturated rings. The van der Waals surface area contributed by atoms with Crippen molar-refractivity contribution in [2.45, 2.75) is 33.6 Å². The van der Waals surface area contributed by atoms with Crippen LogP contribution in [0.2, 0.25) is 0 Å². The Hall–Kier alpha value is -2.62. The molecule has 1 atom stereocenters. The molecule has 2 aromatic rings. The zero-order valence-electron chi connectivity index (χ0n) is 15.6. The first-order valence-electron chi connectivity index (χ1n) is 9.06. The molecule has 1 aliphatic heterocycles. The molecule has 4 heteroatoms. The second kappa shape index (κ2) is 7.73. The first-order chi connectivity index (χ1) is 12.5. The average molecular weight is 351 g/mol. The average Bonchev–Trinajstić information content (AvgIpc) is 3.02. The van der Waals surface area contributed by atoms with Crippen LogP contribution >= 0.6 is 0 Å². The fourth-order valence-electron chi connectivity index (χ4n) is 3.32. The second-order valence-electron chi connectivity index (χ2n) is 7.05. The summed E-state index contributed by atoms with van der Waals surface area (Å²) in [5.41, 5.74) is 4.19. The number of nitrogens with zero attached hydrogens (tertiary/aromatic N) is 1. The minimum absolute atomic E-state index is 0.0283. The van der Waals surface area contributed by atoms with Gasteiger partial charge in [-0.15, -0.1) is 0 Å². The summed E-state index contributed by atoms with van der Waals surface area (Å²) in [6.45, 7) is 6.96. The van der Waals surface area contributed by atoms with Crippen LogP contribution in [0.1, 0.15) is 28.7 Å².